The van der Waals surface area contributed by atoms with Gasteiger partial charge in [-0.25, -0.2) is 0 Å². The van der Waals surface area contributed by atoms with Crippen LogP contribution in [-0.2, 0) is 0 Å². The third-order valence-corrected chi connectivity index (χ3v) is 2.50. The maximum Gasteiger partial charge on any atom is 0.163 e. The topological polar surface area (TPSA) is 104 Å². The highest BCUT2D eigenvalue weighted by molar-refractivity contribution is 5.60. The number of hydrogen-bond acceptors (Lipinski definition) is 5. The minimum absolute atomic E-state index is 0.106. The standard InChI is InChI=1S/C14H12N4O/c1-9(2)12-5-11(3-4-14(12)19)18-13(8-17)10(6-15)7-16/h3-5,9,18-19H,1-2H3. The fraction of sp³-hybridized carbons (Fsp3) is 0.214. The number of nitrogens with zero attached hydrogens (tertiary/aromatic N) is 3. The van der Waals surface area contributed by atoms with Crippen LogP contribution < -0.4 is 5.32 Å². The smallest absolute Gasteiger partial charge is 0.163 e. The van der Waals surface area contributed by atoms with E-state index in [0.29, 0.717) is 5.69 Å². The highest BCUT2D eigenvalue weighted by atomic mass is 16.3. The number of phenolic OH excluding ortho intramolecular Hbond substituents is 1. The number of rotatable bonds is 3. The molecule has 0 aliphatic carbocycles. The molecule has 0 heterocycles. The average molecular weight is 252 g/mol. The van der Waals surface area contributed by atoms with E-state index in [4.69, 9.17) is 15.8 Å². The first-order valence-corrected chi connectivity index (χ1v) is 5.58. The Hall–Kier alpha value is -2.97. The van der Waals surface area contributed by atoms with E-state index in [9.17, 15) is 5.11 Å². The number of hydrogen-bond donors (Lipinski definition) is 2. The van der Waals surface area contributed by atoms with Gasteiger partial charge in [0, 0.05) is 5.69 Å². The Kier molecular flexibility index (Phi) is 4.52. The largest absolute Gasteiger partial charge is 0.508 e. The molecular weight excluding hydrogens is 240 g/mol. The van der Waals surface area contributed by atoms with Gasteiger partial charge in [-0.15, -0.1) is 0 Å². The van der Waals surface area contributed by atoms with Crippen molar-refractivity contribution in [2.45, 2.75) is 19.8 Å². The highest BCUT2D eigenvalue weighted by Gasteiger charge is 2.10. The van der Waals surface area contributed by atoms with Crippen LogP contribution in [0.1, 0.15) is 25.3 Å². The summed E-state index contributed by atoms with van der Waals surface area (Å²) in [5.41, 5.74) is 0.880. The molecule has 94 valence electrons. The van der Waals surface area contributed by atoms with Gasteiger partial charge in [0.25, 0.3) is 0 Å². The lowest BCUT2D eigenvalue weighted by atomic mass is 10.0. The van der Waals surface area contributed by atoms with Gasteiger partial charge in [0.2, 0.25) is 0 Å². The molecule has 19 heavy (non-hydrogen) atoms. The molecule has 0 aliphatic rings. The quantitative estimate of drug-likeness (QED) is 0.635. The highest BCUT2D eigenvalue weighted by Crippen LogP contribution is 2.28. The van der Waals surface area contributed by atoms with Crippen molar-refractivity contribution in [1.29, 1.82) is 15.8 Å². The SMILES string of the molecule is CC(C)c1cc(NC(C#N)=C(C#N)C#N)ccc1O. The van der Waals surface area contributed by atoms with Crippen LogP contribution in [0.15, 0.2) is 29.5 Å². The lowest BCUT2D eigenvalue weighted by Gasteiger charge is -2.11. The maximum absolute atomic E-state index is 9.69. The third kappa shape index (κ3) is 3.25. The number of anilines is 1. The molecule has 0 bridgehead atoms. The minimum atomic E-state index is -0.276. The van der Waals surface area contributed by atoms with Crippen molar-refractivity contribution in [3.05, 3.63) is 35.0 Å². The van der Waals surface area contributed by atoms with E-state index in [1.165, 1.54) is 6.07 Å². The van der Waals surface area contributed by atoms with Gasteiger partial charge < -0.3 is 10.4 Å². The zero-order chi connectivity index (χ0) is 14.4. The molecule has 1 rings (SSSR count). The molecule has 0 saturated heterocycles. The van der Waals surface area contributed by atoms with Crippen LogP contribution in [0.2, 0.25) is 0 Å². The van der Waals surface area contributed by atoms with Crippen LogP contribution in [0.3, 0.4) is 0 Å². The van der Waals surface area contributed by atoms with Gasteiger partial charge in [-0.1, -0.05) is 13.8 Å². The molecule has 0 aliphatic heterocycles. The van der Waals surface area contributed by atoms with Crippen molar-refractivity contribution >= 4 is 5.69 Å². The van der Waals surface area contributed by atoms with Gasteiger partial charge >= 0.3 is 0 Å². The summed E-state index contributed by atoms with van der Waals surface area (Å²) in [6.45, 7) is 3.85. The van der Waals surface area contributed by atoms with E-state index in [0.717, 1.165) is 5.56 Å². The van der Waals surface area contributed by atoms with Crippen LogP contribution >= 0.6 is 0 Å². The second-order valence-electron chi connectivity index (χ2n) is 4.14. The first kappa shape index (κ1) is 14.1. The van der Waals surface area contributed by atoms with Crippen molar-refractivity contribution in [2.75, 3.05) is 5.32 Å². The lowest BCUT2D eigenvalue weighted by molar-refractivity contribution is 0.465. The summed E-state index contributed by atoms with van der Waals surface area (Å²) < 4.78 is 0. The molecule has 5 nitrogen and oxygen atoms in total. The normalized spacial score (nSPS) is 9.05. The van der Waals surface area contributed by atoms with Gasteiger partial charge in [-0.3, -0.25) is 0 Å². The fourth-order valence-electron chi connectivity index (χ4n) is 1.52. The molecule has 0 atom stereocenters. The predicted molar refractivity (Wildman–Crippen MR) is 69.7 cm³/mol. The molecule has 2 N–H and O–H groups in total. The molecule has 0 aromatic heterocycles. The van der Waals surface area contributed by atoms with Crippen LogP contribution in [0.4, 0.5) is 5.69 Å². The average Bonchev–Trinajstić information content (AvgIpc) is 2.40. The fourth-order valence-corrected chi connectivity index (χ4v) is 1.52. The van der Waals surface area contributed by atoms with E-state index < -0.39 is 0 Å². The summed E-state index contributed by atoms with van der Waals surface area (Å²) in [4.78, 5) is 0. The van der Waals surface area contributed by atoms with Crippen molar-refractivity contribution in [3.63, 3.8) is 0 Å². The zero-order valence-corrected chi connectivity index (χ0v) is 10.6. The van der Waals surface area contributed by atoms with Gasteiger partial charge in [0.1, 0.15) is 29.7 Å². The summed E-state index contributed by atoms with van der Waals surface area (Å²) >= 11 is 0. The van der Waals surface area contributed by atoms with Crippen LogP contribution in [0.5, 0.6) is 5.75 Å². The van der Waals surface area contributed by atoms with Gasteiger partial charge in [-0.2, -0.15) is 15.8 Å². The summed E-state index contributed by atoms with van der Waals surface area (Å²) in [7, 11) is 0. The van der Waals surface area contributed by atoms with Crippen molar-refractivity contribution in [2.24, 2.45) is 0 Å². The molecule has 5 heteroatoms. The molecule has 0 fully saturated rings. The summed E-state index contributed by atoms with van der Waals surface area (Å²) in [5.74, 6) is 0.284. The van der Waals surface area contributed by atoms with Crippen LogP contribution in [0, 0.1) is 34.0 Å². The Morgan fingerprint density at radius 1 is 1.16 bits per heavy atom. The number of phenols is 1. The van der Waals surface area contributed by atoms with E-state index in [1.807, 2.05) is 13.8 Å². The van der Waals surface area contributed by atoms with E-state index in [-0.39, 0.29) is 22.9 Å². The van der Waals surface area contributed by atoms with Crippen molar-refractivity contribution in [1.82, 2.24) is 0 Å². The summed E-state index contributed by atoms with van der Waals surface area (Å²) in [5, 5.41) is 38.8. The molecular formula is C14H12N4O. The third-order valence-electron chi connectivity index (χ3n) is 2.50. The molecule has 0 amide bonds. The Balaban J connectivity index is 3.19. The Morgan fingerprint density at radius 3 is 2.26 bits per heavy atom. The second-order valence-corrected chi connectivity index (χ2v) is 4.14. The minimum Gasteiger partial charge on any atom is -0.508 e. The van der Waals surface area contributed by atoms with Crippen LogP contribution in [0.25, 0.3) is 0 Å². The molecule has 0 radical (unpaired) electrons. The van der Waals surface area contributed by atoms with E-state index in [1.54, 1.807) is 30.3 Å². The molecule has 0 spiro atoms. The van der Waals surface area contributed by atoms with Crippen LogP contribution in [-0.4, -0.2) is 5.11 Å². The molecule has 0 saturated carbocycles. The van der Waals surface area contributed by atoms with Gasteiger partial charge in [0.15, 0.2) is 5.57 Å². The number of nitriles is 3. The van der Waals surface area contributed by atoms with Crippen molar-refractivity contribution < 1.29 is 5.11 Å². The van der Waals surface area contributed by atoms with Gasteiger partial charge in [-0.05, 0) is 29.7 Å². The van der Waals surface area contributed by atoms with E-state index >= 15 is 0 Å². The van der Waals surface area contributed by atoms with E-state index in [2.05, 4.69) is 5.32 Å². The number of aromatic hydroxyl groups is 1. The number of nitrogens with one attached hydrogen (secondary N) is 1. The molecule has 1 aromatic rings. The molecule has 1 aromatic carbocycles. The zero-order valence-electron chi connectivity index (χ0n) is 10.6. The molecule has 0 unspecified atom stereocenters. The number of allylic oxidation sites excluding steroid dienone is 2. The Morgan fingerprint density at radius 2 is 1.79 bits per heavy atom. The summed E-state index contributed by atoms with van der Waals surface area (Å²) in [6.07, 6.45) is 0. The monoisotopic (exact) mass is 252 g/mol. The first-order valence-electron chi connectivity index (χ1n) is 5.58. The van der Waals surface area contributed by atoms with Gasteiger partial charge in [0.05, 0.1) is 0 Å². The maximum atomic E-state index is 9.69. The first-order chi connectivity index (χ1) is 9.03. The lowest BCUT2D eigenvalue weighted by Crippen LogP contribution is -2.01. The number of benzene rings is 1. The second kappa shape index (κ2) is 6.10. The predicted octanol–water partition coefficient (Wildman–Crippen LogP) is 2.75. The van der Waals surface area contributed by atoms with Crippen molar-refractivity contribution in [3.8, 4) is 24.0 Å². The Labute approximate surface area is 111 Å². The summed E-state index contributed by atoms with van der Waals surface area (Å²) in [6, 6.07) is 9.85. The Bertz CT molecular complexity index is 623.